The number of amides is 1. The first-order valence-electron chi connectivity index (χ1n) is 11.3. The minimum atomic E-state index is -0.706. The van der Waals surface area contributed by atoms with Crippen LogP contribution >= 0.6 is 11.6 Å². The zero-order valence-electron chi connectivity index (χ0n) is 19.2. The van der Waals surface area contributed by atoms with Crippen LogP contribution in [0.2, 0.25) is 5.02 Å². The Morgan fingerprint density at radius 3 is 1.92 bits per heavy atom. The van der Waals surface area contributed by atoms with Gasteiger partial charge in [-0.25, -0.2) is 9.18 Å². The Bertz CT molecular complexity index is 1300. The second-order valence-corrected chi connectivity index (χ2v) is 8.45. The lowest BCUT2D eigenvalue weighted by Crippen LogP contribution is -2.33. The van der Waals surface area contributed by atoms with Crippen LogP contribution in [-0.2, 0) is 14.3 Å². The van der Waals surface area contributed by atoms with Crippen LogP contribution < -0.4 is 5.32 Å². The van der Waals surface area contributed by atoms with Gasteiger partial charge in [-0.2, -0.15) is 0 Å². The molecule has 1 N–H and O–H groups in total. The number of hydrogen-bond donors (Lipinski definition) is 1. The summed E-state index contributed by atoms with van der Waals surface area (Å²) < 4.78 is 18.9. The zero-order chi connectivity index (χ0) is 25.3. The van der Waals surface area contributed by atoms with Crippen molar-refractivity contribution in [2.45, 2.75) is 6.04 Å². The maximum absolute atomic E-state index is 13.5. The van der Waals surface area contributed by atoms with E-state index in [-0.39, 0.29) is 5.57 Å². The van der Waals surface area contributed by atoms with Crippen molar-refractivity contribution in [3.63, 3.8) is 0 Å². The Labute approximate surface area is 214 Å². The first-order chi connectivity index (χ1) is 17.5. The molecule has 4 nitrogen and oxygen atoms in total. The van der Waals surface area contributed by atoms with E-state index in [0.717, 1.165) is 11.1 Å². The van der Waals surface area contributed by atoms with E-state index in [1.807, 2.05) is 60.7 Å². The molecular formula is C30H23ClFNO3. The van der Waals surface area contributed by atoms with Gasteiger partial charge in [-0.05, 0) is 52.6 Å². The van der Waals surface area contributed by atoms with Crippen molar-refractivity contribution >= 4 is 35.1 Å². The average molecular weight is 500 g/mol. The summed E-state index contributed by atoms with van der Waals surface area (Å²) in [6.45, 7) is -0.478. The van der Waals surface area contributed by atoms with Crippen molar-refractivity contribution in [3.8, 4) is 0 Å². The van der Waals surface area contributed by atoms with Gasteiger partial charge in [0.2, 0.25) is 0 Å². The third-order valence-corrected chi connectivity index (χ3v) is 5.71. The molecule has 0 saturated carbocycles. The van der Waals surface area contributed by atoms with Gasteiger partial charge in [0.15, 0.2) is 6.61 Å². The Kier molecular flexibility index (Phi) is 8.27. The van der Waals surface area contributed by atoms with Gasteiger partial charge in [0.05, 0.1) is 11.6 Å². The van der Waals surface area contributed by atoms with E-state index in [2.05, 4.69) is 5.32 Å². The largest absolute Gasteiger partial charge is 0.452 e. The fourth-order valence-corrected chi connectivity index (χ4v) is 3.80. The average Bonchev–Trinajstić information content (AvgIpc) is 2.91. The SMILES string of the molecule is O=C(COC(=O)/C(=C/c1ccc(Cl)cc1)c1ccc(F)cc1)NC(c1ccccc1)c1ccccc1. The molecule has 0 aliphatic carbocycles. The summed E-state index contributed by atoms with van der Waals surface area (Å²) in [6.07, 6.45) is 1.61. The summed E-state index contributed by atoms with van der Waals surface area (Å²) in [6, 6.07) is 31.1. The molecule has 180 valence electrons. The number of carbonyl (C=O) groups is 2. The van der Waals surface area contributed by atoms with Crippen LogP contribution in [0.15, 0.2) is 109 Å². The highest BCUT2D eigenvalue weighted by Gasteiger charge is 2.20. The molecule has 4 rings (SSSR count). The second-order valence-electron chi connectivity index (χ2n) is 8.01. The van der Waals surface area contributed by atoms with Gasteiger partial charge >= 0.3 is 5.97 Å². The minimum absolute atomic E-state index is 0.188. The molecule has 0 aromatic heterocycles. The number of ether oxygens (including phenoxy) is 1. The molecule has 1 amide bonds. The summed E-state index contributed by atoms with van der Waals surface area (Å²) >= 11 is 5.96. The number of carbonyl (C=O) groups excluding carboxylic acids is 2. The van der Waals surface area contributed by atoms with Gasteiger partial charge in [-0.3, -0.25) is 4.79 Å². The summed E-state index contributed by atoms with van der Waals surface area (Å²) in [5.41, 5.74) is 3.15. The third kappa shape index (κ3) is 6.68. The van der Waals surface area contributed by atoms with Crippen LogP contribution in [0, 0.1) is 5.82 Å². The fraction of sp³-hybridized carbons (Fsp3) is 0.0667. The van der Waals surface area contributed by atoms with Crippen LogP contribution in [0.1, 0.15) is 28.3 Å². The van der Waals surface area contributed by atoms with Crippen LogP contribution in [0.4, 0.5) is 4.39 Å². The van der Waals surface area contributed by atoms with Gasteiger partial charge in [0.25, 0.3) is 5.91 Å². The van der Waals surface area contributed by atoms with Crippen LogP contribution in [-0.4, -0.2) is 18.5 Å². The normalized spacial score (nSPS) is 11.2. The van der Waals surface area contributed by atoms with E-state index in [9.17, 15) is 14.0 Å². The Balaban J connectivity index is 1.51. The van der Waals surface area contributed by atoms with Crippen molar-refractivity contribution in [1.82, 2.24) is 5.32 Å². The number of esters is 1. The molecule has 0 fully saturated rings. The van der Waals surface area contributed by atoms with Gasteiger partial charge < -0.3 is 10.1 Å². The molecule has 0 bridgehead atoms. The number of rotatable bonds is 8. The Hall–Kier alpha value is -4.22. The van der Waals surface area contributed by atoms with E-state index in [1.54, 1.807) is 30.3 Å². The first-order valence-corrected chi connectivity index (χ1v) is 11.7. The smallest absolute Gasteiger partial charge is 0.339 e. The Morgan fingerprint density at radius 1 is 0.806 bits per heavy atom. The van der Waals surface area contributed by atoms with E-state index in [0.29, 0.717) is 16.1 Å². The van der Waals surface area contributed by atoms with E-state index < -0.39 is 30.3 Å². The molecule has 4 aromatic carbocycles. The summed E-state index contributed by atoms with van der Waals surface area (Å²) in [4.78, 5) is 25.9. The van der Waals surface area contributed by atoms with Crippen molar-refractivity contribution in [3.05, 3.63) is 142 Å². The highest BCUT2D eigenvalue weighted by molar-refractivity contribution is 6.30. The molecule has 0 heterocycles. The lowest BCUT2D eigenvalue weighted by Gasteiger charge is -2.20. The van der Waals surface area contributed by atoms with Crippen molar-refractivity contribution in [1.29, 1.82) is 0 Å². The summed E-state index contributed by atoms with van der Waals surface area (Å²) in [5, 5.41) is 3.50. The maximum atomic E-state index is 13.5. The van der Waals surface area contributed by atoms with Crippen molar-refractivity contribution in [2.75, 3.05) is 6.61 Å². The topological polar surface area (TPSA) is 55.4 Å². The quantitative estimate of drug-likeness (QED) is 0.172. The summed E-state index contributed by atoms with van der Waals surface area (Å²) in [5.74, 6) is -1.58. The zero-order valence-corrected chi connectivity index (χ0v) is 20.0. The van der Waals surface area contributed by atoms with Crippen LogP contribution in [0.25, 0.3) is 11.6 Å². The summed E-state index contributed by atoms with van der Waals surface area (Å²) in [7, 11) is 0. The lowest BCUT2D eigenvalue weighted by molar-refractivity contribution is -0.143. The second kappa shape index (κ2) is 12.0. The molecule has 0 spiro atoms. The molecule has 0 unspecified atom stereocenters. The highest BCUT2D eigenvalue weighted by atomic mass is 35.5. The van der Waals surface area contributed by atoms with Gasteiger partial charge in [0.1, 0.15) is 5.82 Å². The minimum Gasteiger partial charge on any atom is -0.452 e. The molecule has 0 radical (unpaired) electrons. The predicted molar refractivity (Wildman–Crippen MR) is 140 cm³/mol. The molecule has 0 aliphatic heterocycles. The first kappa shape index (κ1) is 24.9. The number of benzene rings is 4. The maximum Gasteiger partial charge on any atom is 0.339 e. The lowest BCUT2D eigenvalue weighted by atomic mass is 9.99. The number of hydrogen-bond acceptors (Lipinski definition) is 3. The third-order valence-electron chi connectivity index (χ3n) is 5.46. The molecule has 36 heavy (non-hydrogen) atoms. The van der Waals surface area contributed by atoms with Crippen LogP contribution in [0.3, 0.4) is 0 Å². The van der Waals surface area contributed by atoms with E-state index >= 15 is 0 Å². The predicted octanol–water partition coefficient (Wildman–Crippen LogP) is 6.47. The molecular weight excluding hydrogens is 477 g/mol. The molecule has 6 heteroatoms. The number of halogens is 2. The van der Waals surface area contributed by atoms with Gasteiger partial charge in [-0.1, -0.05) is 96.5 Å². The number of nitrogens with one attached hydrogen (secondary N) is 1. The standard InChI is InChI=1S/C30H23ClFNO3/c31-25-15-11-21(12-16-25)19-27(22-13-17-26(32)18-14-22)30(35)36-20-28(34)33-29(23-7-3-1-4-8-23)24-9-5-2-6-10-24/h1-19,29H,20H2,(H,33,34)/b27-19+. The molecule has 0 saturated heterocycles. The highest BCUT2D eigenvalue weighted by Crippen LogP contribution is 2.23. The Morgan fingerprint density at radius 2 is 1.36 bits per heavy atom. The van der Waals surface area contributed by atoms with Crippen molar-refractivity contribution in [2.24, 2.45) is 0 Å². The van der Waals surface area contributed by atoms with E-state index in [4.69, 9.17) is 16.3 Å². The molecule has 0 atom stereocenters. The monoisotopic (exact) mass is 499 g/mol. The van der Waals surface area contributed by atoms with Crippen molar-refractivity contribution < 1.29 is 18.7 Å². The van der Waals surface area contributed by atoms with Gasteiger partial charge in [-0.15, -0.1) is 0 Å². The van der Waals surface area contributed by atoms with E-state index in [1.165, 1.54) is 24.3 Å². The molecule has 4 aromatic rings. The fourth-order valence-electron chi connectivity index (χ4n) is 3.68. The van der Waals surface area contributed by atoms with Crippen LogP contribution in [0.5, 0.6) is 0 Å². The molecule has 0 aliphatic rings. The van der Waals surface area contributed by atoms with Gasteiger partial charge in [0, 0.05) is 5.02 Å².